The molecule has 4 amide bonds. The van der Waals surface area contributed by atoms with Crippen molar-refractivity contribution >= 4 is 29.4 Å². The summed E-state index contributed by atoms with van der Waals surface area (Å²) in [4.78, 5) is 40.8. The van der Waals surface area contributed by atoms with Gasteiger partial charge in [0, 0.05) is 18.1 Å². The highest BCUT2D eigenvalue weighted by molar-refractivity contribution is 6.30. The lowest BCUT2D eigenvalue weighted by atomic mass is 9.87. The monoisotopic (exact) mass is 379 g/mol. The molecule has 1 saturated heterocycles. The Morgan fingerprint density at radius 2 is 1.85 bits per heavy atom. The first-order chi connectivity index (χ1) is 12.4. The van der Waals surface area contributed by atoms with Crippen LogP contribution in [0.4, 0.5) is 4.79 Å². The lowest BCUT2D eigenvalue weighted by molar-refractivity contribution is -0.139. The third-order valence-corrected chi connectivity index (χ3v) is 5.10. The summed E-state index contributed by atoms with van der Waals surface area (Å²) in [6.45, 7) is 6.72. The molecule has 0 spiro atoms. The van der Waals surface area contributed by atoms with Crippen molar-refractivity contribution in [3.63, 3.8) is 0 Å². The van der Waals surface area contributed by atoms with Gasteiger partial charge in [-0.05, 0) is 37.5 Å². The van der Waals surface area contributed by atoms with Gasteiger partial charge in [0.15, 0.2) is 0 Å². The van der Waals surface area contributed by atoms with E-state index < -0.39 is 17.5 Å². The van der Waals surface area contributed by atoms with Gasteiger partial charge in [-0.2, -0.15) is 0 Å². The average molecular weight is 380 g/mol. The number of likely N-dealkylation sites (N-methyl/N-ethyl adjacent to an activating group) is 1. The Bertz CT molecular complexity index is 677. The van der Waals surface area contributed by atoms with Crippen molar-refractivity contribution < 1.29 is 14.4 Å². The van der Waals surface area contributed by atoms with Crippen LogP contribution in [0, 0.1) is 0 Å². The van der Waals surface area contributed by atoms with Crippen molar-refractivity contribution in [1.29, 1.82) is 0 Å². The number of hydrogen-bond acceptors (Lipinski definition) is 3. The molecule has 1 aromatic carbocycles. The number of benzene rings is 1. The molecular weight excluding hydrogens is 354 g/mol. The van der Waals surface area contributed by atoms with E-state index in [0.717, 1.165) is 17.7 Å². The average Bonchev–Trinajstić information content (AvgIpc) is 2.88. The zero-order valence-corrected chi connectivity index (χ0v) is 16.3. The van der Waals surface area contributed by atoms with Crippen LogP contribution in [0.3, 0.4) is 0 Å². The lowest BCUT2D eigenvalue weighted by Gasteiger charge is -2.26. The van der Waals surface area contributed by atoms with Gasteiger partial charge in [-0.1, -0.05) is 44.0 Å². The topological polar surface area (TPSA) is 69.7 Å². The van der Waals surface area contributed by atoms with Gasteiger partial charge in [0.1, 0.15) is 12.1 Å². The fourth-order valence-corrected chi connectivity index (χ4v) is 3.31. The third-order valence-electron chi connectivity index (χ3n) is 4.85. The van der Waals surface area contributed by atoms with E-state index in [9.17, 15) is 14.4 Å². The van der Waals surface area contributed by atoms with Gasteiger partial charge in [0.2, 0.25) is 5.91 Å². The van der Waals surface area contributed by atoms with E-state index in [2.05, 4.69) is 12.2 Å². The fourth-order valence-electron chi connectivity index (χ4n) is 3.19. The van der Waals surface area contributed by atoms with Crippen molar-refractivity contribution in [3.8, 4) is 0 Å². The molecule has 1 heterocycles. The van der Waals surface area contributed by atoms with E-state index in [1.807, 2.05) is 13.8 Å². The molecule has 2 rings (SSSR count). The number of carbonyl (C=O) groups excluding carboxylic acids is 3. The minimum atomic E-state index is -1.15. The first kappa shape index (κ1) is 20.2. The molecule has 0 aliphatic carbocycles. The van der Waals surface area contributed by atoms with E-state index >= 15 is 0 Å². The van der Waals surface area contributed by atoms with Crippen LogP contribution in [-0.4, -0.2) is 47.3 Å². The molecule has 6 nitrogen and oxygen atoms in total. The van der Waals surface area contributed by atoms with Gasteiger partial charge in [-0.3, -0.25) is 14.5 Å². The Kier molecular flexibility index (Phi) is 6.64. The quantitative estimate of drug-likeness (QED) is 0.705. The fraction of sp³-hybridized carbons (Fsp3) is 0.526. The number of nitrogens with one attached hydrogen (secondary N) is 1. The molecule has 142 valence electrons. The zero-order valence-electron chi connectivity index (χ0n) is 15.5. The molecule has 1 aliphatic rings. The summed E-state index contributed by atoms with van der Waals surface area (Å²) in [5.41, 5.74) is -0.487. The number of amides is 4. The number of nitrogens with zero attached hydrogens (tertiary/aromatic N) is 2. The van der Waals surface area contributed by atoms with Crippen LogP contribution in [-0.2, 0) is 15.1 Å². The van der Waals surface area contributed by atoms with Crippen LogP contribution in [0.15, 0.2) is 24.3 Å². The van der Waals surface area contributed by atoms with Crippen LogP contribution < -0.4 is 5.32 Å². The first-order valence-electron chi connectivity index (χ1n) is 9.07. The summed E-state index contributed by atoms with van der Waals surface area (Å²) in [5.74, 6) is -0.611. The second kappa shape index (κ2) is 8.54. The largest absolute Gasteiger partial charge is 0.341 e. The van der Waals surface area contributed by atoms with Gasteiger partial charge in [0.05, 0.1) is 0 Å². The SMILES string of the molecule is CCCCN(CC)C(=O)CN1C(=O)NC(CC)(c2ccc(Cl)cc2)C1=O. The summed E-state index contributed by atoms with van der Waals surface area (Å²) in [6.07, 6.45) is 2.25. The highest BCUT2D eigenvalue weighted by Crippen LogP contribution is 2.33. The summed E-state index contributed by atoms with van der Waals surface area (Å²) in [5, 5.41) is 3.34. The predicted molar refractivity (Wildman–Crippen MR) is 101 cm³/mol. The second-order valence-electron chi connectivity index (χ2n) is 6.41. The molecule has 0 radical (unpaired) electrons. The maximum absolute atomic E-state index is 13.1. The van der Waals surface area contributed by atoms with E-state index in [-0.39, 0.29) is 12.5 Å². The number of rotatable bonds is 8. The van der Waals surface area contributed by atoms with Crippen molar-refractivity contribution in [1.82, 2.24) is 15.1 Å². The second-order valence-corrected chi connectivity index (χ2v) is 6.85. The van der Waals surface area contributed by atoms with E-state index in [0.29, 0.717) is 30.1 Å². The molecule has 1 atom stereocenters. The standard InChI is InChI=1S/C19H26ClN3O3/c1-4-7-12-22(6-3)16(24)13-23-17(25)19(5-2,21-18(23)26)14-8-10-15(20)11-9-14/h8-11H,4-7,12-13H2,1-3H3,(H,21,26). The Hall–Kier alpha value is -2.08. The van der Waals surface area contributed by atoms with Crippen LogP contribution in [0.5, 0.6) is 0 Å². The van der Waals surface area contributed by atoms with Gasteiger partial charge in [0.25, 0.3) is 5.91 Å². The predicted octanol–water partition coefficient (Wildman–Crippen LogP) is 3.15. The Morgan fingerprint density at radius 1 is 1.19 bits per heavy atom. The van der Waals surface area contributed by atoms with Gasteiger partial charge >= 0.3 is 6.03 Å². The van der Waals surface area contributed by atoms with E-state index in [4.69, 9.17) is 11.6 Å². The highest BCUT2D eigenvalue weighted by atomic mass is 35.5. The molecular formula is C19H26ClN3O3. The maximum Gasteiger partial charge on any atom is 0.325 e. The van der Waals surface area contributed by atoms with Crippen LogP contribution in [0.1, 0.15) is 45.6 Å². The molecule has 0 aromatic heterocycles. The number of imide groups is 1. The number of hydrogen-bond donors (Lipinski definition) is 1. The molecule has 7 heteroatoms. The lowest BCUT2D eigenvalue weighted by Crippen LogP contribution is -2.45. The van der Waals surface area contributed by atoms with Crippen molar-refractivity contribution in [2.24, 2.45) is 0 Å². The Balaban J connectivity index is 2.21. The summed E-state index contributed by atoms with van der Waals surface area (Å²) < 4.78 is 0. The Labute approximate surface area is 159 Å². The van der Waals surface area contributed by atoms with Crippen LogP contribution in [0.2, 0.25) is 5.02 Å². The molecule has 1 aliphatic heterocycles. The number of urea groups is 1. The molecule has 0 bridgehead atoms. The van der Waals surface area contributed by atoms with Crippen LogP contribution >= 0.6 is 11.6 Å². The summed E-state index contributed by atoms with van der Waals surface area (Å²) in [7, 11) is 0. The minimum absolute atomic E-state index is 0.215. The summed E-state index contributed by atoms with van der Waals surface area (Å²) >= 11 is 5.93. The number of carbonyl (C=O) groups is 3. The van der Waals surface area contributed by atoms with E-state index in [1.54, 1.807) is 29.2 Å². The zero-order chi connectivity index (χ0) is 19.3. The maximum atomic E-state index is 13.1. The van der Waals surface area contributed by atoms with Crippen molar-refractivity contribution in [2.75, 3.05) is 19.6 Å². The van der Waals surface area contributed by atoms with Gasteiger partial charge in [-0.25, -0.2) is 4.79 Å². The highest BCUT2D eigenvalue weighted by Gasteiger charge is 2.51. The molecule has 26 heavy (non-hydrogen) atoms. The molecule has 1 unspecified atom stereocenters. The van der Waals surface area contributed by atoms with Gasteiger partial charge < -0.3 is 10.2 Å². The minimum Gasteiger partial charge on any atom is -0.341 e. The molecule has 1 N–H and O–H groups in total. The molecule has 1 aromatic rings. The van der Waals surface area contributed by atoms with E-state index in [1.165, 1.54) is 0 Å². The Morgan fingerprint density at radius 3 is 2.38 bits per heavy atom. The van der Waals surface area contributed by atoms with Crippen LogP contribution in [0.25, 0.3) is 0 Å². The number of unbranched alkanes of at least 4 members (excludes halogenated alkanes) is 1. The first-order valence-corrected chi connectivity index (χ1v) is 9.45. The third kappa shape index (κ3) is 3.85. The number of halogens is 1. The normalized spacial score (nSPS) is 19.6. The molecule has 0 saturated carbocycles. The smallest absolute Gasteiger partial charge is 0.325 e. The van der Waals surface area contributed by atoms with Crippen molar-refractivity contribution in [2.45, 2.75) is 45.6 Å². The molecule has 1 fully saturated rings. The van der Waals surface area contributed by atoms with Gasteiger partial charge in [-0.15, -0.1) is 0 Å². The summed E-state index contributed by atoms with van der Waals surface area (Å²) in [6, 6.07) is 6.30. The van der Waals surface area contributed by atoms with Crippen molar-refractivity contribution in [3.05, 3.63) is 34.9 Å².